The van der Waals surface area contributed by atoms with Gasteiger partial charge in [0.2, 0.25) is 0 Å². The van der Waals surface area contributed by atoms with Crippen molar-refractivity contribution in [3.8, 4) is 0 Å². The lowest BCUT2D eigenvalue weighted by Crippen LogP contribution is -2.21. The van der Waals surface area contributed by atoms with Gasteiger partial charge in [0, 0.05) is 6.54 Å². The second kappa shape index (κ2) is 6.70. The first-order valence-corrected chi connectivity index (χ1v) is 8.35. The number of fused-ring (bicyclic) bond motifs is 2. The number of rotatable bonds is 1. The maximum atomic E-state index is 10.7. The highest BCUT2D eigenvalue weighted by atomic mass is 32.2. The van der Waals surface area contributed by atoms with Crippen molar-refractivity contribution in [3.63, 3.8) is 0 Å². The van der Waals surface area contributed by atoms with Crippen molar-refractivity contribution < 1.29 is 26.1 Å². The van der Waals surface area contributed by atoms with Crippen molar-refractivity contribution in [2.75, 3.05) is 16.8 Å². The van der Waals surface area contributed by atoms with Crippen molar-refractivity contribution in [1.82, 2.24) is 0 Å². The van der Waals surface area contributed by atoms with Gasteiger partial charge in [0.05, 0.1) is 22.7 Å². The van der Waals surface area contributed by atoms with E-state index in [4.69, 9.17) is 13.0 Å². The minimum Gasteiger partial charge on any atom is -0.352 e. The standard InChI is InChI=1S/C14H14N2.CHF3O3S/c1-2-16-13-9-5-3-7-11(13)15-12-8-4-6-10-14(12)16;2-1(3,4)8(5,6)7/h3-10,15H,2H2,1H3;(H,5,6,7). The lowest BCUT2D eigenvalue weighted by Gasteiger charge is -2.32. The Morgan fingerprint density at radius 1 is 1.00 bits per heavy atom. The molecule has 0 saturated carbocycles. The van der Waals surface area contributed by atoms with Crippen LogP contribution in [0.1, 0.15) is 6.92 Å². The maximum Gasteiger partial charge on any atom is 0.522 e. The summed E-state index contributed by atoms with van der Waals surface area (Å²) in [7, 11) is -5.84. The van der Waals surface area contributed by atoms with Gasteiger partial charge in [-0.05, 0) is 31.2 Å². The van der Waals surface area contributed by atoms with E-state index < -0.39 is 15.6 Å². The molecule has 2 N–H and O–H groups in total. The van der Waals surface area contributed by atoms with Gasteiger partial charge in [0.25, 0.3) is 0 Å². The number of nitrogens with zero attached hydrogens (tertiary/aromatic N) is 1. The second-order valence-electron chi connectivity index (χ2n) is 4.82. The molecule has 0 saturated heterocycles. The molecular formula is C15H15F3N2O3S. The zero-order chi connectivity index (χ0) is 18.0. The molecule has 0 bridgehead atoms. The van der Waals surface area contributed by atoms with E-state index in [0.29, 0.717) is 0 Å². The first kappa shape index (κ1) is 18.1. The van der Waals surface area contributed by atoms with Crippen molar-refractivity contribution in [2.45, 2.75) is 12.4 Å². The Labute approximate surface area is 137 Å². The van der Waals surface area contributed by atoms with Crippen LogP contribution in [-0.2, 0) is 10.1 Å². The molecule has 0 aromatic heterocycles. The molecular weight excluding hydrogens is 345 g/mol. The summed E-state index contributed by atoms with van der Waals surface area (Å²) >= 11 is 0. The summed E-state index contributed by atoms with van der Waals surface area (Å²) in [4.78, 5) is 2.33. The zero-order valence-electron chi connectivity index (χ0n) is 12.6. The van der Waals surface area contributed by atoms with E-state index in [1.165, 1.54) is 22.7 Å². The van der Waals surface area contributed by atoms with Gasteiger partial charge in [0.1, 0.15) is 0 Å². The topological polar surface area (TPSA) is 69.6 Å². The molecule has 0 aliphatic carbocycles. The van der Waals surface area contributed by atoms with Crippen LogP contribution < -0.4 is 10.2 Å². The first-order valence-electron chi connectivity index (χ1n) is 6.91. The molecule has 2 aromatic rings. The number of para-hydroxylation sites is 4. The number of hydrogen-bond donors (Lipinski definition) is 2. The molecule has 1 heterocycles. The number of halogens is 3. The Bertz CT molecular complexity index is 777. The Hall–Kier alpha value is -2.26. The molecule has 0 fully saturated rings. The van der Waals surface area contributed by atoms with E-state index in [2.05, 4.69) is 65.7 Å². The van der Waals surface area contributed by atoms with Crippen molar-refractivity contribution >= 4 is 32.9 Å². The minimum atomic E-state index is -5.84. The quantitative estimate of drug-likeness (QED) is 0.586. The fourth-order valence-corrected chi connectivity index (χ4v) is 2.24. The molecule has 9 heteroatoms. The van der Waals surface area contributed by atoms with Crippen LogP contribution in [0, 0.1) is 0 Å². The highest BCUT2D eigenvalue weighted by Gasteiger charge is 2.44. The Kier molecular flexibility index (Phi) is 5.05. The number of anilines is 4. The van der Waals surface area contributed by atoms with Gasteiger partial charge in [-0.3, -0.25) is 4.55 Å². The lowest BCUT2D eigenvalue weighted by atomic mass is 10.1. The van der Waals surface area contributed by atoms with Gasteiger partial charge >= 0.3 is 15.6 Å². The summed E-state index contributed by atoms with van der Waals surface area (Å²) < 4.78 is 57.5. The zero-order valence-corrected chi connectivity index (χ0v) is 13.4. The molecule has 1 aliphatic heterocycles. The molecule has 5 nitrogen and oxygen atoms in total. The molecule has 1 aliphatic rings. The highest BCUT2D eigenvalue weighted by Crippen LogP contribution is 2.42. The number of alkyl halides is 3. The van der Waals surface area contributed by atoms with Crippen molar-refractivity contribution in [2.24, 2.45) is 0 Å². The molecule has 3 rings (SSSR count). The van der Waals surface area contributed by atoms with Crippen molar-refractivity contribution in [1.29, 1.82) is 0 Å². The summed E-state index contributed by atoms with van der Waals surface area (Å²) in [5.41, 5.74) is -0.661. The highest BCUT2D eigenvalue weighted by molar-refractivity contribution is 7.86. The van der Waals surface area contributed by atoms with Gasteiger partial charge in [0.15, 0.2) is 0 Å². The molecule has 0 radical (unpaired) electrons. The molecule has 0 atom stereocenters. The lowest BCUT2D eigenvalue weighted by molar-refractivity contribution is -0.0510. The van der Waals surface area contributed by atoms with E-state index in [1.807, 2.05) is 0 Å². The van der Waals surface area contributed by atoms with Gasteiger partial charge in [-0.25, -0.2) is 0 Å². The summed E-state index contributed by atoms with van der Waals surface area (Å²) in [5.74, 6) is 0. The Balaban J connectivity index is 0.000000224. The van der Waals surface area contributed by atoms with Gasteiger partial charge in [-0.2, -0.15) is 21.6 Å². The van der Waals surface area contributed by atoms with Crippen LogP contribution in [0.3, 0.4) is 0 Å². The van der Waals surface area contributed by atoms with Crippen LogP contribution in [0.4, 0.5) is 35.9 Å². The third kappa shape index (κ3) is 3.80. The molecule has 0 spiro atoms. The fourth-order valence-electron chi connectivity index (χ4n) is 2.24. The van der Waals surface area contributed by atoms with E-state index >= 15 is 0 Å². The van der Waals surface area contributed by atoms with Crippen LogP contribution in [0.25, 0.3) is 0 Å². The maximum absolute atomic E-state index is 10.7. The van der Waals surface area contributed by atoms with Gasteiger partial charge < -0.3 is 10.2 Å². The Morgan fingerprint density at radius 3 is 1.71 bits per heavy atom. The third-order valence-electron chi connectivity index (χ3n) is 3.27. The van der Waals surface area contributed by atoms with Crippen LogP contribution in [-0.4, -0.2) is 25.0 Å². The largest absolute Gasteiger partial charge is 0.522 e. The van der Waals surface area contributed by atoms with Crippen molar-refractivity contribution in [3.05, 3.63) is 48.5 Å². The van der Waals surface area contributed by atoms with Crippen LogP contribution in [0.15, 0.2) is 48.5 Å². The molecule has 24 heavy (non-hydrogen) atoms. The van der Waals surface area contributed by atoms with E-state index in [9.17, 15) is 13.2 Å². The average molecular weight is 360 g/mol. The monoisotopic (exact) mass is 360 g/mol. The fraction of sp³-hybridized carbons (Fsp3) is 0.200. The average Bonchev–Trinajstić information content (AvgIpc) is 2.51. The SMILES string of the molecule is CCN1c2ccccc2Nc2ccccc21.O=S(=O)(O)C(F)(F)F. The first-order chi connectivity index (χ1) is 11.1. The summed E-state index contributed by atoms with van der Waals surface area (Å²) in [6, 6.07) is 16.8. The molecule has 0 unspecified atom stereocenters. The second-order valence-corrected chi connectivity index (χ2v) is 6.24. The van der Waals surface area contributed by atoms with Crippen LogP contribution in [0.2, 0.25) is 0 Å². The summed E-state index contributed by atoms with van der Waals surface area (Å²) in [5, 5.41) is 3.46. The van der Waals surface area contributed by atoms with Gasteiger partial charge in [-0.1, -0.05) is 24.3 Å². The van der Waals surface area contributed by atoms with E-state index in [-0.39, 0.29) is 0 Å². The number of nitrogens with one attached hydrogen (secondary N) is 1. The summed E-state index contributed by atoms with van der Waals surface area (Å²) in [6.07, 6.45) is 0. The number of benzene rings is 2. The molecule has 2 aromatic carbocycles. The smallest absolute Gasteiger partial charge is 0.352 e. The van der Waals surface area contributed by atoms with Crippen LogP contribution >= 0.6 is 0 Å². The predicted octanol–water partition coefficient (Wildman–Crippen LogP) is 4.30. The predicted molar refractivity (Wildman–Crippen MR) is 86.5 cm³/mol. The summed E-state index contributed by atoms with van der Waals surface area (Å²) in [6.45, 7) is 3.16. The van der Waals surface area contributed by atoms with E-state index in [1.54, 1.807) is 0 Å². The van der Waals surface area contributed by atoms with Gasteiger partial charge in [-0.15, -0.1) is 0 Å². The van der Waals surface area contributed by atoms with Crippen LogP contribution in [0.5, 0.6) is 0 Å². The number of hydrogen-bond acceptors (Lipinski definition) is 4. The normalized spacial score (nSPS) is 13.1. The molecule has 130 valence electrons. The van der Waals surface area contributed by atoms with E-state index in [0.717, 1.165) is 6.54 Å². The third-order valence-corrected chi connectivity index (χ3v) is 3.85. The molecule has 0 amide bonds. The Morgan fingerprint density at radius 2 is 1.38 bits per heavy atom. The minimum absolute atomic E-state index is 0.982.